The zero-order valence-electron chi connectivity index (χ0n) is 66.5. The molecule has 1 aromatic heterocycles. The second-order valence-electron chi connectivity index (χ2n) is 39.3. The molecule has 0 bridgehead atoms. The molecule has 3 heterocycles. The SMILES string of the molecule is CC(C)(C)c1cc2c3c(c1)N(c1c(C(C)(C)C)cc(C(C)(C)C)cc1C(C)(C)C)c1cc([Si](c4ccccc4)(c4ccccc4)c4ccccc4)ccc1B3c1ccc(-n3c4ccc(C(C)(C)C)cc4c4cc(C(C)(C)C)ccc43)cc1N2c1c(C(C)(C)C)cc(C(C)(C)C)cc1C(C)(C)C. The number of anilines is 6. The second kappa shape index (κ2) is 24.0. The van der Waals surface area contributed by atoms with Crippen LogP contribution in [0.15, 0.2) is 200 Å². The molecule has 10 aromatic carbocycles. The Balaban J connectivity index is 1.27. The Hall–Kier alpha value is -8.12. The Kier molecular flexibility index (Phi) is 16.9. The molecule has 0 spiro atoms. The highest BCUT2D eigenvalue weighted by molar-refractivity contribution is 7.20. The molecule has 0 saturated carbocycles. The van der Waals surface area contributed by atoms with Gasteiger partial charge in [-0.05, 0) is 191 Å². The summed E-state index contributed by atoms with van der Waals surface area (Å²) in [6.45, 7) is 65.0. The molecular formula is C96H114BN3Si. The molecule has 520 valence electrons. The lowest BCUT2D eigenvalue weighted by atomic mass is 9.33. The van der Waals surface area contributed by atoms with Crippen molar-refractivity contribution < 1.29 is 0 Å². The van der Waals surface area contributed by atoms with Crippen LogP contribution in [0.5, 0.6) is 0 Å². The largest absolute Gasteiger partial charge is 0.311 e. The van der Waals surface area contributed by atoms with Crippen LogP contribution in [0.25, 0.3) is 27.5 Å². The van der Waals surface area contributed by atoms with Crippen molar-refractivity contribution in [3.05, 3.63) is 250 Å². The third-order valence-corrected chi connectivity index (χ3v) is 27.1. The van der Waals surface area contributed by atoms with Gasteiger partial charge in [0.25, 0.3) is 6.71 Å². The van der Waals surface area contributed by atoms with Crippen LogP contribution in [0.4, 0.5) is 34.1 Å². The predicted molar refractivity (Wildman–Crippen MR) is 447 cm³/mol. The number of hydrogen-bond donors (Lipinski definition) is 0. The molecule has 11 aromatic rings. The third kappa shape index (κ3) is 12.3. The van der Waals surface area contributed by atoms with Crippen molar-refractivity contribution in [2.24, 2.45) is 0 Å². The summed E-state index contributed by atoms with van der Waals surface area (Å²) in [5.74, 6) is 0. The van der Waals surface area contributed by atoms with E-state index in [4.69, 9.17) is 0 Å². The Morgan fingerprint density at radius 1 is 0.257 bits per heavy atom. The molecule has 0 unspecified atom stereocenters. The van der Waals surface area contributed by atoms with Crippen molar-refractivity contribution in [2.45, 2.75) is 236 Å². The van der Waals surface area contributed by atoms with Crippen LogP contribution >= 0.6 is 0 Å². The van der Waals surface area contributed by atoms with E-state index in [0.29, 0.717) is 0 Å². The van der Waals surface area contributed by atoms with Crippen LogP contribution in [-0.4, -0.2) is 19.4 Å². The van der Waals surface area contributed by atoms with Crippen molar-refractivity contribution in [3.8, 4) is 5.69 Å². The minimum atomic E-state index is -3.13. The first-order chi connectivity index (χ1) is 46.8. The lowest BCUT2D eigenvalue weighted by Crippen LogP contribution is -2.75. The summed E-state index contributed by atoms with van der Waals surface area (Å²) in [7, 11) is -3.13. The molecule has 0 atom stereocenters. The van der Waals surface area contributed by atoms with Gasteiger partial charge in [-0.3, -0.25) is 0 Å². The summed E-state index contributed by atoms with van der Waals surface area (Å²) < 4.78 is 2.60. The molecule has 0 amide bonds. The average Bonchev–Trinajstić information content (AvgIpc) is 0.938. The molecule has 0 fully saturated rings. The molecule has 0 N–H and O–H groups in total. The van der Waals surface area contributed by atoms with Crippen molar-refractivity contribution in [1.29, 1.82) is 0 Å². The van der Waals surface area contributed by atoms with Gasteiger partial charge in [0.15, 0.2) is 8.07 Å². The number of rotatable bonds is 7. The standard InChI is InChI=1S/C96H114BN3Si/c1-88(2,3)61-43-49-79-71(51-61)72-52-62(89(4,5)6)44-50-80(72)98(79)66-45-47-77-81(59-66)99(86-73(93(16,17)18)53-63(90(7,8)9)54-74(86)94(19,20)21)83-57-65(92(13,14)15)58-84-85(83)97(77)78-48-46-70(101(67-37-31-28-32-38-67,68-39-33-29-34-40-68)69-41-35-30-36-42-69)60-82(78)100(84)87-75(95(22,23)24)55-64(91(10,11)12)56-76(87)96(25,26)27/h28-60H,1-27H3. The topological polar surface area (TPSA) is 11.4 Å². The van der Waals surface area contributed by atoms with Gasteiger partial charge >= 0.3 is 0 Å². The van der Waals surface area contributed by atoms with E-state index in [9.17, 15) is 0 Å². The highest BCUT2D eigenvalue weighted by Crippen LogP contribution is 2.55. The highest BCUT2D eigenvalue weighted by atomic mass is 28.3. The average molecular weight is 1350 g/mol. The minimum absolute atomic E-state index is 0.0355. The van der Waals surface area contributed by atoms with E-state index < -0.39 is 8.07 Å². The summed E-state index contributed by atoms with van der Waals surface area (Å²) in [5.41, 5.74) is 25.5. The minimum Gasteiger partial charge on any atom is -0.311 e. The van der Waals surface area contributed by atoms with Crippen molar-refractivity contribution >= 4 is 108 Å². The first-order valence-corrected chi connectivity index (χ1v) is 39.5. The van der Waals surface area contributed by atoms with Gasteiger partial charge in [0.2, 0.25) is 0 Å². The lowest BCUT2D eigenvalue weighted by Gasteiger charge is -2.49. The van der Waals surface area contributed by atoms with E-state index in [1.165, 1.54) is 143 Å². The van der Waals surface area contributed by atoms with E-state index in [1.807, 2.05) is 0 Å². The molecule has 101 heavy (non-hydrogen) atoms. The Labute approximate surface area is 610 Å². The Bertz CT molecular complexity index is 4800. The fourth-order valence-corrected chi connectivity index (χ4v) is 21.2. The van der Waals surface area contributed by atoms with Gasteiger partial charge in [0.1, 0.15) is 0 Å². The van der Waals surface area contributed by atoms with Crippen LogP contribution < -0.4 is 46.9 Å². The number of nitrogens with zero attached hydrogens (tertiary/aromatic N) is 3. The Morgan fingerprint density at radius 2 is 0.574 bits per heavy atom. The van der Waals surface area contributed by atoms with E-state index in [-0.39, 0.29) is 55.4 Å². The molecule has 0 saturated heterocycles. The summed E-state index contributed by atoms with van der Waals surface area (Å²) in [4.78, 5) is 5.68. The smallest absolute Gasteiger partial charge is 0.252 e. The van der Waals surface area contributed by atoms with Gasteiger partial charge in [0.05, 0.1) is 22.4 Å². The zero-order chi connectivity index (χ0) is 73.2. The number of benzene rings is 10. The number of aromatic nitrogens is 1. The fourth-order valence-electron chi connectivity index (χ4n) is 16.5. The van der Waals surface area contributed by atoms with E-state index in [0.717, 1.165) is 5.69 Å². The molecule has 2 aliphatic rings. The molecule has 3 nitrogen and oxygen atoms in total. The predicted octanol–water partition coefficient (Wildman–Crippen LogP) is 21.9. The zero-order valence-corrected chi connectivity index (χ0v) is 67.5. The van der Waals surface area contributed by atoms with Crippen molar-refractivity contribution in [1.82, 2.24) is 4.57 Å². The van der Waals surface area contributed by atoms with Crippen LogP contribution in [0, 0.1) is 0 Å². The lowest BCUT2D eigenvalue weighted by molar-refractivity contribution is 0.549. The molecule has 5 heteroatoms. The summed E-state index contributed by atoms with van der Waals surface area (Å²) in [5, 5.41) is 8.02. The molecule has 13 rings (SSSR count). The van der Waals surface area contributed by atoms with Crippen LogP contribution in [-0.2, 0) is 48.7 Å². The highest BCUT2D eigenvalue weighted by Gasteiger charge is 2.50. The fraction of sp³-hybridized carbons (Fsp3) is 0.375. The van der Waals surface area contributed by atoms with E-state index >= 15 is 0 Å². The monoisotopic (exact) mass is 1350 g/mol. The van der Waals surface area contributed by atoms with Crippen LogP contribution in [0.1, 0.15) is 237 Å². The van der Waals surface area contributed by atoms with Crippen molar-refractivity contribution in [2.75, 3.05) is 9.80 Å². The second-order valence-corrected chi connectivity index (χ2v) is 43.1. The summed E-state index contributed by atoms with van der Waals surface area (Å²) in [6.07, 6.45) is 0. The molecule has 0 aliphatic carbocycles. The normalized spacial score (nSPS) is 14.2. The maximum atomic E-state index is 2.85. The van der Waals surface area contributed by atoms with Crippen molar-refractivity contribution in [3.63, 3.8) is 0 Å². The Morgan fingerprint density at radius 3 is 0.901 bits per heavy atom. The van der Waals surface area contributed by atoms with Gasteiger partial charge in [0, 0.05) is 39.2 Å². The maximum Gasteiger partial charge on any atom is 0.252 e. The molecule has 0 radical (unpaired) electrons. The molecule has 2 aliphatic heterocycles. The van der Waals surface area contributed by atoms with Gasteiger partial charge in [-0.25, -0.2) is 0 Å². The van der Waals surface area contributed by atoms with E-state index in [1.54, 1.807) is 0 Å². The van der Waals surface area contributed by atoms with Gasteiger partial charge in [-0.15, -0.1) is 0 Å². The number of fused-ring (bicyclic) bond motifs is 7. The molecular weight excluding hydrogens is 1230 g/mol. The first-order valence-electron chi connectivity index (χ1n) is 37.5. The quantitative estimate of drug-likeness (QED) is 0.116. The van der Waals surface area contributed by atoms with Gasteiger partial charge in [-0.2, -0.15) is 0 Å². The summed E-state index contributed by atoms with van der Waals surface area (Å²) >= 11 is 0. The van der Waals surface area contributed by atoms with Gasteiger partial charge in [-0.1, -0.05) is 333 Å². The van der Waals surface area contributed by atoms with Crippen LogP contribution in [0.3, 0.4) is 0 Å². The first kappa shape index (κ1) is 71.3. The number of hydrogen-bond acceptors (Lipinski definition) is 2. The van der Waals surface area contributed by atoms with Gasteiger partial charge < -0.3 is 14.4 Å². The third-order valence-electron chi connectivity index (χ3n) is 22.4. The maximum absolute atomic E-state index is 3.13. The summed E-state index contributed by atoms with van der Waals surface area (Å²) in [6, 6.07) is 80.5. The van der Waals surface area contributed by atoms with Crippen LogP contribution in [0.2, 0.25) is 0 Å². The van der Waals surface area contributed by atoms with E-state index in [2.05, 4.69) is 401 Å².